The van der Waals surface area contributed by atoms with Crippen molar-refractivity contribution in [2.24, 2.45) is 5.41 Å². The van der Waals surface area contributed by atoms with Crippen molar-refractivity contribution < 1.29 is 27.8 Å². The van der Waals surface area contributed by atoms with Crippen LogP contribution in [0.1, 0.15) is 52.9 Å². The van der Waals surface area contributed by atoms with Gasteiger partial charge in [-0.2, -0.15) is 13.2 Å². The fourth-order valence-electron chi connectivity index (χ4n) is 3.94. The smallest absolute Gasteiger partial charge is 0.416 e. The van der Waals surface area contributed by atoms with Gasteiger partial charge in [-0.1, -0.05) is 38.1 Å². The summed E-state index contributed by atoms with van der Waals surface area (Å²) in [6.45, 7) is 8.60. The molecule has 0 spiro atoms. The Morgan fingerprint density at radius 1 is 0.912 bits per heavy atom. The van der Waals surface area contributed by atoms with Crippen molar-refractivity contribution in [3.63, 3.8) is 0 Å². The number of carbonyl (C=O) groups is 1. The zero-order chi connectivity index (χ0) is 25.1. The normalized spacial score (nSPS) is 12.0. The number of rotatable bonds is 8. The largest absolute Gasteiger partial charge is 0.493 e. The summed E-state index contributed by atoms with van der Waals surface area (Å²) >= 11 is 0. The van der Waals surface area contributed by atoms with Gasteiger partial charge in [0.05, 0.1) is 17.7 Å². The lowest BCUT2D eigenvalue weighted by atomic mass is 9.87. The highest BCUT2D eigenvalue weighted by molar-refractivity contribution is 5.87. The standard InChI is InChI=1S/C28H29F3O3/c1-18-15-24(16-19(2)25(18)21-9-11-23(12-10-21)28(29,30)31)34-17-27(3,4)14-13-20-5-7-22(8-6-20)26(32)33/h5-12,15-16H,13-14,17H2,1-4H3,(H,32,33). The van der Waals surface area contributed by atoms with E-state index in [-0.39, 0.29) is 11.0 Å². The van der Waals surface area contributed by atoms with Crippen molar-refractivity contribution in [2.75, 3.05) is 6.61 Å². The van der Waals surface area contributed by atoms with Crippen LogP contribution >= 0.6 is 0 Å². The number of aryl methyl sites for hydroxylation is 3. The molecule has 0 amide bonds. The molecule has 0 aromatic heterocycles. The Morgan fingerprint density at radius 2 is 1.47 bits per heavy atom. The number of alkyl halides is 3. The third-order valence-electron chi connectivity index (χ3n) is 5.93. The van der Waals surface area contributed by atoms with Crippen molar-refractivity contribution in [1.82, 2.24) is 0 Å². The predicted molar refractivity (Wildman–Crippen MR) is 127 cm³/mol. The maximum atomic E-state index is 12.9. The first-order valence-corrected chi connectivity index (χ1v) is 11.1. The van der Waals surface area contributed by atoms with Gasteiger partial charge in [-0.3, -0.25) is 0 Å². The van der Waals surface area contributed by atoms with Crippen LogP contribution in [0.25, 0.3) is 11.1 Å². The maximum absolute atomic E-state index is 12.9. The summed E-state index contributed by atoms with van der Waals surface area (Å²) < 4.78 is 44.7. The van der Waals surface area contributed by atoms with E-state index in [0.717, 1.165) is 58.5 Å². The molecule has 0 fully saturated rings. The highest BCUT2D eigenvalue weighted by Gasteiger charge is 2.30. The molecule has 180 valence electrons. The van der Waals surface area contributed by atoms with Gasteiger partial charge in [0.2, 0.25) is 0 Å². The Morgan fingerprint density at radius 3 is 1.97 bits per heavy atom. The molecule has 1 N–H and O–H groups in total. The lowest BCUT2D eigenvalue weighted by molar-refractivity contribution is -0.137. The van der Waals surface area contributed by atoms with Gasteiger partial charge < -0.3 is 9.84 Å². The first-order chi connectivity index (χ1) is 15.9. The van der Waals surface area contributed by atoms with Crippen molar-refractivity contribution >= 4 is 5.97 Å². The number of halogens is 3. The van der Waals surface area contributed by atoms with Gasteiger partial charge in [0.1, 0.15) is 5.75 Å². The minimum absolute atomic E-state index is 0.112. The molecule has 0 aliphatic carbocycles. The molecule has 0 aliphatic rings. The molecule has 0 aliphatic heterocycles. The van der Waals surface area contributed by atoms with Crippen LogP contribution in [0, 0.1) is 19.3 Å². The first kappa shape index (κ1) is 25.3. The molecule has 0 atom stereocenters. The second-order valence-corrected chi connectivity index (χ2v) is 9.46. The fraction of sp³-hybridized carbons (Fsp3) is 0.321. The molecule has 34 heavy (non-hydrogen) atoms. The van der Waals surface area contributed by atoms with Crippen molar-refractivity contribution in [3.8, 4) is 16.9 Å². The number of carboxylic acid groups (broad SMARTS) is 1. The zero-order valence-corrected chi connectivity index (χ0v) is 19.8. The van der Waals surface area contributed by atoms with Gasteiger partial charge in [0.25, 0.3) is 0 Å². The van der Waals surface area contributed by atoms with E-state index in [0.29, 0.717) is 6.61 Å². The van der Waals surface area contributed by atoms with Crippen LogP contribution in [0.15, 0.2) is 60.7 Å². The van der Waals surface area contributed by atoms with E-state index < -0.39 is 17.7 Å². The molecule has 0 bridgehead atoms. The van der Waals surface area contributed by atoms with Crippen LogP contribution < -0.4 is 4.74 Å². The molecule has 0 heterocycles. The topological polar surface area (TPSA) is 46.5 Å². The average Bonchev–Trinajstić information content (AvgIpc) is 2.76. The van der Waals surface area contributed by atoms with Gasteiger partial charge in [0, 0.05) is 0 Å². The van der Waals surface area contributed by atoms with Gasteiger partial charge in [0.15, 0.2) is 0 Å². The number of ether oxygens (including phenoxy) is 1. The molecule has 3 aromatic rings. The number of aromatic carboxylic acids is 1. The van der Waals surface area contributed by atoms with E-state index in [2.05, 4.69) is 13.8 Å². The van der Waals surface area contributed by atoms with Gasteiger partial charge in [-0.05, 0) is 96.3 Å². The van der Waals surface area contributed by atoms with Crippen LogP contribution in [-0.2, 0) is 12.6 Å². The van der Waals surface area contributed by atoms with Crippen molar-refractivity contribution in [2.45, 2.75) is 46.7 Å². The van der Waals surface area contributed by atoms with Crippen LogP contribution in [0.3, 0.4) is 0 Å². The number of hydrogen-bond donors (Lipinski definition) is 1. The Kier molecular flexibility index (Phi) is 7.39. The summed E-state index contributed by atoms with van der Waals surface area (Å²) in [4.78, 5) is 11.0. The zero-order valence-electron chi connectivity index (χ0n) is 19.8. The second-order valence-electron chi connectivity index (χ2n) is 9.46. The third kappa shape index (κ3) is 6.40. The lowest BCUT2D eigenvalue weighted by Crippen LogP contribution is -2.22. The van der Waals surface area contributed by atoms with Crippen LogP contribution in [0.4, 0.5) is 13.2 Å². The number of carboxylic acids is 1. The predicted octanol–water partition coefficient (Wildman–Crippen LogP) is 7.73. The Bertz CT molecular complexity index is 1120. The van der Waals surface area contributed by atoms with E-state index in [1.165, 1.54) is 12.1 Å². The van der Waals surface area contributed by atoms with E-state index in [9.17, 15) is 18.0 Å². The van der Waals surface area contributed by atoms with E-state index in [1.54, 1.807) is 12.1 Å². The van der Waals surface area contributed by atoms with E-state index in [1.807, 2.05) is 38.1 Å². The van der Waals surface area contributed by atoms with Crippen LogP contribution in [0.5, 0.6) is 5.75 Å². The minimum atomic E-state index is -4.35. The molecule has 0 saturated heterocycles. The molecule has 3 nitrogen and oxygen atoms in total. The highest BCUT2D eigenvalue weighted by Crippen LogP contribution is 2.35. The molecule has 3 aromatic carbocycles. The summed E-state index contributed by atoms with van der Waals surface area (Å²) in [5.74, 6) is -0.209. The SMILES string of the molecule is Cc1cc(OCC(C)(C)CCc2ccc(C(=O)O)cc2)cc(C)c1-c1ccc(C(F)(F)F)cc1. The molecule has 0 saturated carbocycles. The minimum Gasteiger partial charge on any atom is -0.493 e. The summed E-state index contributed by atoms with van der Waals surface area (Å²) in [6.07, 6.45) is -2.68. The second kappa shape index (κ2) is 9.92. The molecule has 6 heteroatoms. The fourth-order valence-corrected chi connectivity index (χ4v) is 3.94. The number of hydrogen-bond acceptors (Lipinski definition) is 2. The summed E-state index contributed by atoms with van der Waals surface area (Å²) in [7, 11) is 0. The maximum Gasteiger partial charge on any atom is 0.416 e. The summed E-state index contributed by atoms with van der Waals surface area (Å²) in [5, 5.41) is 9.02. The monoisotopic (exact) mass is 470 g/mol. The average molecular weight is 471 g/mol. The third-order valence-corrected chi connectivity index (χ3v) is 5.93. The quantitative estimate of drug-likeness (QED) is 0.366. The van der Waals surface area contributed by atoms with Crippen molar-refractivity contribution in [1.29, 1.82) is 0 Å². The molecular weight excluding hydrogens is 441 g/mol. The Hall–Kier alpha value is -3.28. The lowest BCUT2D eigenvalue weighted by Gasteiger charge is -2.25. The summed E-state index contributed by atoms with van der Waals surface area (Å²) in [5.41, 5.74) is 4.10. The van der Waals surface area contributed by atoms with E-state index >= 15 is 0 Å². The van der Waals surface area contributed by atoms with E-state index in [4.69, 9.17) is 9.84 Å². The van der Waals surface area contributed by atoms with Gasteiger partial charge >= 0.3 is 12.1 Å². The highest BCUT2D eigenvalue weighted by atomic mass is 19.4. The molecule has 0 radical (unpaired) electrons. The van der Waals surface area contributed by atoms with Gasteiger partial charge in [-0.25, -0.2) is 4.79 Å². The molecular formula is C28H29F3O3. The Balaban J connectivity index is 1.65. The first-order valence-electron chi connectivity index (χ1n) is 11.1. The Labute approximate surface area is 198 Å². The molecule has 0 unspecified atom stereocenters. The van der Waals surface area contributed by atoms with Crippen molar-refractivity contribution in [3.05, 3.63) is 88.5 Å². The van der Waals surface area contributed by atoms with Gasteiger partial charge in [-0.15, -0.1) is 0 Å². The van der Waals surface area contributed by atoms with Crippen LogP contribution in [0.2, 0.25) is 0 Å². The van der Waals surface area contributed by atoms with Crippen LogP contribution in [-0.4, -0.2) is 17.7 Å². The summed E-state index contributed by atoms with van der Waals surface area (Å²) in [6, 6.07) is 16.0. The number of benzene rings is 3. The molecule has 3 rings (SSSR count).